The van der Waals surface area contributed by atoms with Crippen LogP contribution in [0, 0.1) is 0 Å². The van der Waals surface area contributed by atoms with Gasteiger partial charge in [0.25, 0.3) is 17.3 Å². The third-order valence-electron chi connectivity index (χ3n) is 13.3. The molecule has 9 heteroatoms. The second kappa shape index (κ2) is 43.5. The highest BCUT2D eigenvalue weighted by Crippen LogP contribution is 2.24. The van der Waals surface area contributed by atoms with Crippen molar-refractivity contribution in [1.82, 2.24) is 4.90 Å². The summed E-state index contributed by atoms with van der Waals surface area (Å²) in [6.07, 6.45) is 47.4. The fourth-order valence-electron chi connectivity index (χ4n) is 9.29. The first-order valence-electron chi connectivity index (χ1n) is 27.2. The van der Waals surface area contributed by atoms with Crippen molar-refractivity contribution in [1.29, 1.82) is 0 Å². The van der Waals surface area contributed by atoms with Gasteiger partial charge in [-0.2, -0.15) is 0 Å². The van der Waals surface area contributed by atoms with Crippen molar-refractivity contribution in [3.63, 3.8) is 0 Å². The van der Waals surface area contributed by atoms with Crippen molar-refractivity contribution < 1.29 is 19.4 Å². The van der Waals surface area contributed by atoms with E-state index in [9.17, 15) is 14.4 Å². The minimum atomic E-state index is -0.329. The van der Waals surface area contributed by atoms with E-state index in [1.807, 2.05) is 0 Å². The highest BCUT2D eigenvalue weighted by molar-refractivity contribution is 5.75. The maximum atomic E-state index is 12.9. The molecule has 2 N–H and O–H groups in total. The van der Waals surface area contributed by atoms with Crippen LogP contribution in [-0.4, -0.2) is 67.8 Å². The lowest BCUT2D eigenvalue weighted by Gasteiger charge is -2.31. The molecule has 0 amide bonds. The van der Waals surface area contributed by atoms with Crippen molar-refractivity contribution in [2.75, 3.05) is 49.5 Å². The Morgan fingerprint density at radius 2 is 0.952 bits per heavy atom. The summed E-state index contributed by atoms with van der Waals surface area (Å²) in [6.45, 7) is 12.3. The molecule has 1 aliphatic rings. The summed E-state index contributed by atoms with van der Waals surface area (Å²) in [5.74, 6) is 0.0247. The van der Waals surface area contributed by atoms with Gasteiger partial charge in [-0.1, -0.05) is 188 Å². The topological polar surface area (TPSA) is 116 Å². The van der Waals surface area contributed by atoms with Crippen LogP contribution in [0.25, 0.3) is 0 Å². The van der Waals surface area contributed by atoms with Gasteiger partial charge in [0.15, 0.2) is 0 Å². The van der Waals surface area contributed by atoms with Gasteiger partial charge in [0.2, 0.25) is 0 Å². The number of nitrogens with one attached hydrogen (secondary N) is 1. The molecular weight excluding hydrogens is 787 g/mol. The van der Waals surface area contributed by atoms with E-state index in [4.69, 9.17) is 14.6 Å². The molecule has 0 unspecified atom stereocenters. The number of carbonyl (C=O) groups excluding carboxylic acids is 1. The maximum absolute atomic E-state index is 12.9. The molecule has 1 saturated heterocycles. The zero-order chi connectivity index (χ0) is 45.9. The number of rotatable bonds is 44. The number of carboxylic acid groups (broad SMARTS) is 1. The first-order valence-corrected chi connectivity index (χ1v) is 27.2. The SMILES string of the molecule is CCCCCCCCCCCCCCCCN(CCCCCCCC(=O)OC(CCCCCCCC)CCCCCCCC)CCCNc1c(N2CCCCC2)c(=O)c1=O.O=CO. The van der Waals surface area contributed by atoms with Crippen LogP contribution >= 0.6 is 0 Å². The fourth-order valence-corrected chi connectivity index (χ4v) is 9.29. The molecule has 0 atom stereocenters. The van der Waals surface area contributed by atoms with Crippen molar-refractivity contribution in [2.45, 2.75) is 271 Å². The number of esters is 1. The Bertz CT molecular complexity index is 1230. The number of hydrogen-bond acceptors (Lipinski definition) is 8. The third-order valence-corrected chi connectivity index (χ3v) is 13.3. The van der Waals surface area contributed by atoms with Gasteiger partial charge in [0.1, 0.15) is 17.5 Å². The Hall–Kier alpha value is -2.42. The summed E-state index contributed by atoms with van der Waals surface area (Å²) in [5, 5.41) is 10.3. The summed E-state index contributed by atoms with van der Waals surface area (Å²) < 4.78 is 6.10. The van der Waals surface area contributed by atoms with E-state index in [0.717, 1.165) is 84.2 Å². The van der Waals surface area contributed by atoms with E-state index >= 15 is 0 Å². The Morgan fingerprint density at radius 1 is 0.571 bits per heavy atom. The largest absolute Gasteiger partial charge is 0.483 e. The summed E-state index contributed by atoms with van der Waals surface area (Å²) in [7, 11) is 0. The molecule has 0 aliphatic carbocycles. The van der Waals surface area contributed by atoms with Crippen LogP contribution in [-0.2, 0) is 14.3 Å². The van der Waals surface area contributed by atoms with Crippen molar-refractivity contribution in [3.05, 3.63) is 20.4 Å². The van der Waals surface area contributed by atoms with Gasteiger partial charge in [0, 0.05) is 26.1 Å². The molecule has 1 fully saturated rings. The summed E-state index contributed by atoms with van der Waals surface area (Å²) in [6, 6.07) is 0. The summed E-state index contributed by atoms with van der Waals surface area (Å²) >= 11 is 0. The predicted molar refractivity (Wildman–Crippen MR) is 270 cm³/mol. The van der Waals surface area contributed by atoms with Crippen LogP contribution in [0.15, 0.2) is 9.59 Å². The van der Waals surface area contributed by atoms with Gasteiger partial charge >= 0.3 is 5.97 Å². The predicted octanol–water partition coefficient (Wildman–Crippen LogP) is 14.3. The molecule has 368 valence electrons. The molecule has 0 bridgehead atoms. The number of anilines is 2. The number of ether oxygens (including phenoxy) is 1. The van der Waals surface area contributed by atoms with Gasteiger partial charge in [-0.15, -0.1) is 0 Å². The second-order valence-corrected chi connectivity index (χ2v) is 19.0. The van der Waals surface area contributed by atoms with E-state index in [-0.39, 0.29) is 29.4 Å². The fraction of sp³-hybridized carbons (Fsp3) is 0.889. The molecule has 2 rings (SSSR count). The molecule has 9 nitrogen and oxygen atoms in total. The molecule has 0 radical (unpaired) electrons. The van der Waals surface area contributed by atoms with E-state index < -0.39 is 0 Å². The first-order chi connectivity index (χ1) is 30.9. The van der Waals surface area contributed by atoms with Gasteiger partial charge in [-0.25, -0.2) is 0 Å². The third kappa shape index (κ3) is 32.0. The van der Waals surface area contributed by atoms with Crippen molar-refractivity contribution >= 4 is 23.8 Å². The van der Waals surface area contributed by atoms with Crippen LogP contribution in [0.1, 0.15) is 265 Å². The normalized spacial score (nSPS) is 12.9. The van der Waals surface area contributed by atoms with Crippen LogP contribution in [0.4, 0.5) is 11.4 Å². The second-order valence-electron chi connectivity index (χ2n) is 19.0. The minimum Gasteiger partial charge on any atom is -0.483 e. The standard InChI is InChI=1S/C53H99N3O4.CH2O2/c1-4-7-10-13-16-17-18-19-20-21-22-23-28-34-43-55(45-38-42-54-50-51(53(59)52(50)58)56-46-36-30-37-47-56)44-35-29-24-27-33-41-49(57)60-48(39-31-25-14-11-8-5-2)40-32-26-15-12-9-6-3;2-1-3/h48,54H,4-47H2,1-3H3;1H,(H,2,3). The highest BCUT2D eigenvalue weighted by atomic mass is 16.5. The minimum absolute atomic E-state index is 0.0247. The number of unbranched alkanes of at least 4 members (excludes halogenated alkanes) is 27. The van der Waals surface area contributed by atoms with Gasteiger partial charge < -0.3 is 25.0 Å². The number of carbonyl (C=O) groups is 2. The molecule has 0 saturated carbocycles. The Balaban J connectivity index is 0.00000642. The van der Waals surface area contributed by atoms with E-state index in [2.05, 4.69) is 35.9 Å². The smallest absolute Gasteiger partial charge is 0.306 e. The van der Waals surface area contributed by atoms with Crippen LogP contribution in [0.2, 0.25) is 0 Å². The lowest BCUT2D eigenvalue weighted by atomic mass is 10.0. The average Bonchev–Trinajstić information content (AvgIpc) is 3.29. The number of piperidine rings is 1. The lowest BCUT2D eigenvalue weighted by Crippen LogP contribution is -2.44. The van der Waals surface area contributed by atoms with Crippen LogP contribution < -0.4 is 21.1 Å². The molecule has 0 aromatic heterocycles. The van der Waals surface area contributed by atoms with Gasteiger partial charge in [0.05, 0.1) is 0 Å². The molecular formula is C54H101N3O6. The quantitative estimate of drug-likeness (QED) is 0.0286. The lowest BCUT2D eigenvalue weighted by molar-refractivity contribution is -0.150. The molecule has 1 aromatic carbocycles. The van der Waals surface area contributed by atoms with Crippen molar-refractivity contribution in [2.24, 2.45) is 0 Å². The Labute approximate surface area is 387 Å². The number of nitrogens with zero attached hydrogens (tertiary/aromatic N) is 2. The maximum Gasteiger partial charge on any atom is 0.306 e. The first kappa shape index (κ1) is 58.6. The van der Waals surface area contributed by atoms with Gasteiger partial charge in [-0.05, 0) is 90.3 Å². The Kier molecular flexibility index (Phi) is 40.4. The summed E-state index contributed by atoms with van der Waals surface area (Å²) in [5.41, 5.74) is 0.583. The summed E-state index contributed by atoms with van der Waals surface area (Å²) in [4.78, 5) is 50.9. The van der Waals surface area contributed by atoms with E-state index in [1.165, 1.54) is 193 Å². The zero-order valence-electron chi connectivity index (χ0n) is 41.7. The molecule has 63 heavy (non-hydrogen) atoms. The van der Waals surface area contributed by atoms with E-state index in [1.54, 1.807) is 0 Å². The van der Waals surface area contributed by atoms with Gasteiger partial charge in [-0.3, -0.25) is 19.2 Å². The Morgan fingerprint density at radius 3 is 1.40 bits per heavy atom. The molecule has 0 spiro atoms. The monoisotopic (exact) mass is 888 g/mol. The van der Waals surface area contributed by atoms with E-state index in [0.29, 0.717) is 17.8 Å². The number of hydrogen-bond donors (Lipinski definition) is 2. The molecule has 1 heterocycles. The zero-order valence-corrected chi connectivity index (χ0v) is 41.7. The molecule has 1 aliphatic heterocycles. The highest BCUT2D eigenvalue weighted by Gasteiger charge is 2.26. The van der Waals surface area contributed by atoms with Crippen molar-refractivity contribution in [3.8, 4) is 0 Å². The molecule has 1 aromatic rings. The van der Waals surface area contributed by atoms with Crippen LogP contribution in [0.5, 0.6) is 0 Å². The average molecular weight is 888 g/mol. The van der Waals surface area contributed by atoms with Crippen LogP contribution in [0.3, 0.4) is 0 Å².